The molecule has 0 radical (unpaired) electrons. The van der Waals surface area contributed by atoms with Crippen molar-refractivity contribution in [3.63, 3.8) is 0 Å². The molecule has 3 nitrogen and oxygen atoms in total. The second-order valence-electron chi connectivity index (χ2n) is 4.26. The summed E-state index contributed by atoms with van der Waals surface area (Å²) in [6.45, 7) is 1.95. The highest BCUT2D eigenvalue weighted by atomic mass is 16.5. The predicted octanol–water partition coefficient (Wildman–Crippen LogP) is 2.67. The number of aryl methyl sites for hydroxylation is 1. The Morgan fingerprint density at radius 1 is 1.28 bits per heavy atom. The number of aliphatic hydroxyl groups is 1. The third-order valence-electron chi connectivity index (χ3n) is 3.03. The molecule has 0 aliphatic carbocycles. The molecule has 0 spiro atoms. The van der Waals surface area contributed by atoms with Gasteiger partial charge in [0.25, 0.3) is 0 Å². The van der Waals surface area contributed by atoms with E-state index in [1.54, 1.807) is 19.5 Å². The number of para-hydroxylation sites is 1. The minimum absolute atomic E-state index is 0.537. The summed E-state index contributed by atoms with van der Waals surface area (Å²) in [6.07, 6.45) is 3.47. The summed E-state index contributed by atoms with van der Waals surface area (Å²) in [6, 6.07) is 9.60. The SMILES string of the molecule is COc1ccccc1CC(O)c1ccncc1C. The van der Waals surface area contributed by atoms with Crippen LogP contribution in [0.2, 0.25) is 0 Å². The first-order chi connectivity index (χ1) is 8.72. The Bertz CT molecular complexity index is 525. The number of hydrogen-bond donors (Lipinski definition) is 1. The maximum Gasteiger partial charge on any atom is 0.122 e. The van der Waals surface area contributed by atoms with Crippen molar-refractivity contribution in [2.24, 2.45) is 0 Å². The normalized spacial score (nSPS) is 12.2. The van der Waals surface area contributed by atoms with Crippen molar-refractivity contribution < 1.29 is 9.84 Å². The summed E-state index contributed by atoms with van der Waals surface area (Å²) in [5, 5.41) is 10.3. The average Bonchev–Trinajstić information content (AvgIpc) is 2.39. The van der Waals surface area contributed by atoms with Crippen LogP contribution in [0.5, 0.6) is 5.75 Å². The van der Waals surface area contributed by atoms with Gasteiger partial charge >= 0.3 is 0 Å². The minimum Gasteiger partial charge on any atom is -0.496 e. The van der Waals surface area contributed by atoms with E-state index in [9.17, 15) is 5.11 Å². The topological polar surface area (TPSA) is 42.4 Å². The predicted molar refractivity (Wildman–Crippen MR) is 70.6 cm³/mol. The second kappa shape index (κ2) is 5.65. The monoisotopic (exact) mass is 243 g/mol. The standard InChI is InChI=1S/C15H17NO2/c1-11-10-16-8-7-13(11)14(17)9-12-5-3-4-6-15(12)18-2/h3-8,10,14,17H,9H2,1-2H3. The summed E-state index contributed by atoms with van der Waals surface area (Å²) in [4.78, 5) is 4.03. The van der Waals surface area contributed by atoms with E-state index < -0.39 is 6.10 Å². The van der Waals surface area contributed by atoms with Crippen LogP contribution in [0.4, 0.5) is 0 Å². The molecular weight excluding hydrogens is 226 g/mol. The zero-order chi connectivity index (χ0) is 13.0. The van der Waals surface area contributed by atoms with Crippen LogP contribution in [-0.4, -0.2) is 17.2 Å². The van der Waals surface area contributed by atoms with Gasteiger partial charge in [0, 0.05) is 18.8 Å². The molecule has 1 N–H and O–H groups in total. The van der Waals surface area contributed by atoms with Crippen molar-refractivity contribution in [3.8, 4) is 5.75 Å². The van der Waals surface area contributed by atoms with Gasteiger partial charge in [-0.1, -0.05) is 18.2 Å². The number of ether oxygens (including phenoxy) is 1. The van der Waals surface area contributed by atoms with Crippen molar-refractivity contribution in [1.29, 1.82) is 0 Å². The van der Waals surface area contributed by atoms with Gasteiger partial charge in [-0.3, -0.25) is 4.98 Å². The summed E-state index contributed by atoms with van der Waals surface area (Å²) >= 11 is 0. The van der Waals surface area contributed by atoms with E-state index >= 15 is 0 Å². The van der Waals surface area contributed by atoms with Crippen LogP contribution in [0.3, 0.4) is 0 Å². The first kappa shape index (κ1) is 12.6. The maximum atomic E-state index is 10.3. The molecule has 0 saturated carbocycles. The van der Waals surface area contributed by atoms with E-state index in [2.05, 4.69) is 4.98 Å². The molecule has 0 saturated heterocycles. The summed E-state index contributed by atoms with van der Waals surface area (Å²) in [7, 11) is 1.64. The van der Waals surface area contributed by atoms with Crippen LogP contribution in [0.15, 0.2) is 42.7 Å². The summed E-state index contributed by atoms with van der Waals surface area (Å²) < 4.78 is 5.29. The van der Waals surface area contributed by atoms with Crippen molar-refractivity contribution in [1.82, 2.24) is 4.98 Å². The van der Waals surface area contributed by atoms with E-state index in [-0.39, 0.29) is 0 Å². The lowest BCUT2D eigenvalue weighted by molar-refractivity contribution is 0.176. The Kier molecular flexibility index (Phi) is 3.95. The third-order valence-corrected chi connectivity index (χ3v) is 3.03. The van der Waals surface area contributed by atoms with E-state index in [0.29, 0.717) is 6.42 Å². The van der Waals surface area contributed by atoms with E-state index in [0.717, 1.165) is 22.4 Å². The molecule has 3 heteroatoms. The van der Waals surface area contributed by atoms with Gasteiger partial charge in [0.05, 0.1) is 13.2 Å². The number of benzene rings is 1. The minimum atomic E-state index is -0.538. The number of pyridine rings is 1. The van der Waals surface area contributed by atoms with Gasteiger partial charge in [-0.2, -0.15) is 0 Å². The van der Waals surface area contributed by atoms with Gasteiger partial charge in [0.2, 0.25) is 0 Å². The van der Waals surface area contributed by atoms with Crippen LogP contribution >= 0.6 is 0 Å². The fraction of sp³-hybridized carbons (Fsp3) is 0.267. The van der Waals surface area contributed by atoms with Crippen molar-refractivity contribution in [3.05, 3.63) is 59.4 Å². The Morgan fingerprint density at radius 3 is 2.78 bits per heavy atom. The number of hydrogen-bond acceptors (Lipinski definition) is 3. The van der Waals surface area contributed by atoms with E-state index in [1.165, 1.54) is 0 Å². The Hall–Kier alpha value is -1.87. The largest absolute Gasteiger partial charge is 0.496 e. The highest BCUT2D eigenvalue weighted by Gasteiger charge is 2.13. The van der Waals surface area contributed by atoms with Crippen LogP contribution in [0.25, 0.3) is 0 Å². The van der Waals surface area contributed by atoms with Gasteiger partial charge < -0.3 is 9.84 Å². The number of aromatic nitrogens is 1. The zero-order valence-electron chi connectivity index (χ0n) is 10.6. The highest BCUT2D eigenvalue weighted by molar-refractivity contribution is 5.35. The maximum absolute atomic E-state index is 10.3. The molecule has 0 aliphatic rings. The zero-order valence-corrected chi connectivity index (χ0v) is 10.6. The first-order valence-electron chi connectivity index (χ1n) is 5.93. The molecular formula is C15H17NO2. The summed E-state index contributed by atoms with van der Waals surface area (Å²) in [5.41, 5.74) is 2.92. The molecule has 0 amide bonds. The molecule has 1 unspecified atom stereocenters. The average molecular weight is 243 g/mol. The van der Waals surface area contributed by atoms with Crippen LogP contribution < -0.4 is 4.74 Å². The molecule has 2 aromatic rings. The van der Waals surface area contributed by atoms with Crippen molar-refractivity contribution in [2.75, 3.05) is 7.11 Å². The summed E-state index contributed by atoms with van der Waals surface area (Å²) in [5.74, 6) is 0.809. The Morgan fingerprint density at radius 2 is 2.06 bits per heavy atom. The van der Waals surface area contributed by atoms with Gasteiger partial charge in [0.15, 0.2) is 0 Å². The Labute approximate surface area is 107 Å². The second-order valence-corrected chi connectivity index (χ2v) is 4.26. The molecule has 0 fully saturated rings. The van der Waals surface area contributed by atoms with Gasteiger partial charge in [-0.25, -0.2) is 0 Å². The van der Waals surface area contributed by atoms with Crippen molar-refractivity contribution in [2.45, 2.75) is 19.4 Å². The number of methoxy groups -OCH3 is 1. The fourth-order valence-corrected chi connectivity index (χ4v) is 2.05. The third kappa shape index (κ3) is 2.68. The molecule has 2 rings (SSSR count). The van der Waals surface area contributed by atoms with Crippen LogP contribution in [0, 0.1) is 6.92 Å². The molecule has 1 aromatic heterocycles. The number of rotatable bonds is 4. The molecule has 0 bridgehead atoms. The molecule has 1 aromatic carbocycles. The van der Waals surface area contributed by atoms with E-state index in [1.807, 2.05) is 37.3 Å². The van der Waals surface area contributed by atoms with Crippen LogP contribution in [0.1, 0.15) is 22.8 Å². The van der Waals surface area contributed by atoms with Crippen LogP contribution in [-0.2, 0) is 6.42 Å². The molecule has 94 valence electrons. The number of nitrogens with zero attached hydrogens (tertiary/aromatic N) is 1. The first-order valence-corrected chi connectivity index (χ1v) is 5.93. The lowest BCUT2D eigenvalue weighted by Crippen LogP contribution is -2.05. The van der Waals surface area contributed by atoms with Gasteiger partial charge in [-0.15, -0.1) is 0 Å². The molecule has 1 atom stereocenters. The molecule has 18 heavy (non-hydrogen) atoms. The fourth-order valence-electron chi connectivity index (χ4n) is 2.05. The van der Waals surface area contributed by atoms with Gasteiger partial charge in [0.1, 0.15) is 5.75 Å². The lowest BCUT2D eigenvalue weighted by Gasteiger charge is -2.15. The lowest BCUT2D eigenvalue weighted by atomic mass is 9.99. The quantitative estimate of drug-likeness (QED) is 0.897. The smallest absolute Gasteiger partial charge is 0.122 e. The van der Waals surface area contributed by atoms with E-state index in [4.69, 9.17) is 4.74 Å². The molecule has 0 aliphatic heterocycles. The highest BCUT2D eigenvalue weighted by Crippen LogP contribution is 2.25. The number of aliphatic hydroxyl groups excluding tert-OH is 1. The molecule has 1 heterocycles. The van der Waals surface area contributed by atoms with Gasteiger partial charge in [-0.05, 0) is 35.7 Å². The van der Waals surface area contributed by atoms with Crippen molar-refractivity contribution >= 4 is 0 Å². The Balaban J connectivity index is 2.21.